The van der Waals surface area contributed by atoms with E-state index in [9.17, 15) is 0 Å². The van der Waals surface area contributed by atoms with E-state index in [4.69, 9.17) is 16.3 Å². The molecule has 0 saturated heterocycles. The zero-order chi connectivity index (χ0) is 14.8. The van der Waals surface area contributed by atoms with E-state index in [0.29, 0.717) is 22.4 Å². The van der Waals surface area contributed by atoms with Gasteiger partial charge in [-0.3, -0.25) is 0 Å². The summed E-state index contributed by atoms with van der Waals surface area (Å²) >= 11 is 6.14. The van der Waals surface area contributed by atoms with E-state index in [1.54, 1.807) is 7.11 Å². The molecule has 1 saturated carbocycles. The molecule has 2 nitrogen and oxygen atoms in total. The fraction of sp³-hybridized carbons (Fsp3) is 0.647. The molecule has 1 aromatic rings. The van der Waals surface area contributed by atoms with Crippen LogP contribution < -0.4 is 10.1 Å². The molecule has 1 N–H and O–H groups in total. The van der Waals surface area contributed by atoms with Crippen LogP contribution in [0.5, 0.6) is 5.75 Å². The molecular weight excluding hydrogens is 270 g/mol. The quantitative estimate of drug-likeness (QED) is 0.859. The lowest BCUT2D eigenvalue weighted by molar-refractivity contribution is 0.101. The van der Waals surface area contributed by atoms with Crippen molar-refractivity contribution in [1.82, 2.24) is 5.32 Å². The monoisotopic (exact) mass is 295 g/mol. The number of halogens is 1. The molecule has 1 aliphatic carbocycles. The molecule has 1 aliphatic rings. The molecule has 20 heavy (non-hydrogen) atoms. The van der Waals surface area contributed by atoms with Gasteiger partial charge in [-0.05, 0) is 48.9 Å². The molecule has 0 aliphatic heterocycles. The molecule has 0 radical (unpaired) electrons. The Labute approximate surface area is 127 Å². The third kappa shape index (κ3) is 3.12. The van der Waals surface area contributed by atoms with Gasteiger partial charge in [0.2, 0.25) is 0 Å². The normalized spacial score (nSPS) is 23.4. The fourth-order valence-electron chi connectivity index (χ4n) is 3.61. The second-order valence-electron chi connectivity index (χ2n) is 6.50. The molecule has 3 heteroatoms. The molecule has 0 aromatic heterocycles. The molecule has 2 unspecified atom stereocenters. The summed E-state index contributed by atoms with van der Waals surface area (Å²) in [6, 6.07) is 6.50. The van der Waals surface area contributed by atoms with Crippen LogP contribution in [0.25, 0.3) is 0 Å². The number of nitrogens with one attached hydrogen (secondary N) is 1. The van der Waals surface area contributed by atoms with Crippen molar-refractivity contribution < 1.29 is 4.74 Å². The van der Waals surface area contributed by atoms with Gasteiger partial charge in [-0.25, -0.2) is 0 Å². The Bertz CT molecular complexity index is 458. The Hall–Kier alpha value is -0.730. The van der Waals surface area contributed by atoms with Gasteiger partial charge in [0.1, 0.15) is 5.75 Å². The number of benzene rings is 1. The molecule has 112 valence electrons. The largest absolute Gasteiger partial charge is 0.495 e. The number of hydrogen-bond donors (Lipinski definition) is 1. The van der Waals surface area contributed by atoms with Crippen LogP contribution in [0, 0.1) is 11.3 Å². The van der Waals surface area contributed by atoms with E-state index >= 15 is 0 Å². The highest BCUT2D eigenvalue weighted by Crippen LogP contribution is 2.47. The molecule has 1 fully saturated rings. The van der Waals surface area contributed by atoms with Crippen molar-refractivity contribution in [3.8, 4) is 5.75 Å². The second kappa shape index (κ2) is 6.36. The number of rotatable bonds is 4. The smallest absolute Gasteiger partial charge is 0.137 e. The van der Waals surface area contributed by atoms with Crippen LogP contribution >= 0.6 is 11.6 Å². The van der Waals surface area contributed by atoms with Gasteiger partial charge < -0.3 is 10.1 Å². The Balaban J connectivity index is 2.31. The molecule has 0 bridgehead atoms. The summed E-state index contributed by atoms with van der Waals surface area (Å²) in [6.45, 7) is 4.79. The van der Waals surface area contributed by atoms with Gasteiger partial charge in [-0.2, -0.15) is 0 Å². The van der Waals surface area contributed by atoms with E-state index in [2.05, 4.69) is 38.3 Å². The third-order valence-corrected chi connectivity index (χ3v) is 5.15. The maximum atomic E-state index is 6.14. The average Bonchev–Trinajstić information content (AvgIpc) is 2.42. The van der Waals surface area contributed by atoms with E-state index in [-0.39, 0.29) is 0 Å². The highest BCUT2D eigenvalue weighted by atomic mass is 35.5. The molecule has 1 aromatic carbocycles. The van der Waals surface area contributed by atoms with Crippen LogP contribution in [0.4, 0.5) is 0 Å². The van der Waals surface area contributed by atoms with Gasteiger partial charge in [-0.15, -0.1) is 0 Å². The summed E-state index contributed by atoms with van der Waals surface area (Å²) in [5.41, 5.74) is 1.65. The van der Waals surface area contributed by atoms with Crippen molar-refractivity contribution in [3.63, 3.8) is 0 Å². The Morgan fingerprint density at radius 1 is 1.35 bits per heavy atom. The first-order valence-corrected chi connectivity index (χ1v) is 7.88. The standard InChI is InChI=1S/C17H26ClNO/c1-17(2)10-6-5-7-13(17)16(19-3)12-8-9-14(18)15(11-12)20-4/h8-9,11,13,16,19H,5-7,10H2,1-4H3. The molecule has 2 rings (SSSR count). The molecular formula is C17H26ClNO. The van der Waals surface area contributed by atoms with Crippen LogP contribution in [-0.2, 0) is 0 Å². The van der Waals surface area contributed by atoms with Gasteiger partial charge in [-0.1, -0.05) is 44.4 Å². The summed E-state index contributed by atoms with van der Waals surface area (Å²) in [5.74, 6) is 1.41. The summed E-state index contributed by atoms with van der Waals surface area (Å²) in [4.78, 5) is 0. The number of ether oxygens (including phenoxy) is 1. The Morgan fingerprint density at radius 3 is 2.70 bits per heavy atom. The van der Waals surface area contributed by atoms with Crippen molar-refractivity contribution in [1.29, 1.82) is 0 Å². The summed E-state index contributed by atoms with van der Waals surface area (Å²) in [7, 11) is 3.72. The molecule has 2 atom stereocenters. The van der Waals surface area contributed by atoms with Gasteiger partial charge in [0.15, 0.2) is 0 Å². The minimum atomic E-state index is 0.358. The first-order chi connectivity index (χ1) is 9.49. The summed E-state index contributed by atoms with van der Waals surface area (Å²) in [5, 5.41) is 4.19. The second-order valence-corrected chi connectivity index (χ2v) is 6.91. The number of methoxy groups -OCH3 is 1. The zero-order valence-electron chi connectivity index (χ0n) is 13.0. The predicted molar refractivity (Wildman–Crippen MR) is 85.5 cm³/mol. The third-order valence-electron chi connectivity index (χ3n) is 4.84. The van der Waals surface area contributed by atoms with Crippen molar-refractivity contribution in [2.75, 3.05) is 14.2 Å². The van der Waals surface area contributed by atoms with Crippen LogP contribution in [-0.4, -0.2) is 14.2 Å². The SMILES string of the molecule is CNC(c1ccc(Cl)c(OC)c1)C1CCCCC1(C)C. The van der Waals surface area contributed by atoms with Crippen LogP contribution in [0.1, 0.15) is 51.1 Å². The fourth-order valence-corrected chi connectivity index (χ4v) is 3.80. The summed E-state index contributed by atoms with van der Waals surface area (Å²) in [6.07, 6.45) is 5.27. The predicted octanol–water partition coefficient (Wildman–Crippen LogP) is 4.83. The van der Waals surface area contributed by atoms with E-state index in [0.717, 1.165) is 5.75 Å². The Kier molecular flexibility index (Phi) is 4.98. The molecule has 0 amide bonds. The van der Waals surface area contributed by atoms with Crippen molar-refractivity contribution in [2.45, 2.75) is 45.6 Å². The lowest BCUT2D eigenvalue weighted by atomic mass is 9.65. The number of hydrogen-bond acceptors (Lipinski definition) is 2. The summed E-state index contributed by atoms with van der Waals surface area (Å²) < 4.78 is 5.36. The van der Waals surface area contributed by atoms with Crippen LogP contribution in [0.3, 0.4) is 0 Å². The maximum Gasteiger partial charge on any atom is 0.137 e. The van der Waals surface area contributed by atoms with Crippen molar-refractivity contribution in [2.24, 2.45) is 11.3 Å². The minimum Gasteiger partial charge on any atom is -0.495 e. The van der Waals surface area contributed by atoms with Gasteiger partial charge >= 0.3 is 0 Å². The lowest BCUT2D eigenvalue weighted by Gasteiger charge is -2.43. The van der Waals surface area contributed by atoms with E-state index in [1.165, 1.54) is 31.2 Å². The zero-order valence-corrected chi connectivity index (χ0v) is 13.8. The van der Waals surface area contributed by atoms with Crippen molar-refractivity contribution >= 4 is 11.6 Å². The van der Waals surface area contributed by atoms with Gasteiger partial charge in [0, 0.05) is 6.04 Å². The Morgan fingerprint density at radius 2 is 2.10 bits per heavy atom. The topological polar surface area (TPSA) is 21.3 Å². The van der Waals surface area contributed by atoms with E-state index < -0.39 is 0 Å². The van der Waals surface area contributed by atoms with Crippen LogP contribution in [0.2, 0.25) is 5.02 Å². The van der Waals surface area contributed by atoms with Crippen LogP contribution in [0.15, 0.2) is 18.2 Å². The van der Waals surface area contributed by atoms with Gasteiger partial charge in [0.25, 0.3) is 0 Å². The maximum absolute atomic E-state index is 6.14. The molecule has 0 spiro atoms. The first kappa shape index (κ1) is 15.7. The van der Waals surface area contributed by atoms with E-state index in [1.807, 2.05) is 6.07 Å². The highest BCUT2D eigenvalue weighted by molar-refractivity contribution is 6.32. The lowest BCUT2D eigenvalue weighted by Crippen LogP contribution is -2.37. The van der Waals surface area contributed by atoms with Gasteiger partial charge in [0.05, 0.1) is 12.1 Å². The molecule has 0 heterocycles. The van der Waals surface area contributed by atoms with Crippen molar-refractivity contribution in [3.05, 3.63) is 28.8 Å². The minimum absolute atomic E-state index is 0.358. The highest BCUT2D eigenvalue weighted by Gasteiger charge is 2.37. The average molecular weight is 296 g/mol. The first-order valence-electron chi connectivity index (χ1n) is 7.50.